The molecule has 29 heavy (non-hydrogen) atoms. The van der Waals surface area contributed by atoms with Gasteiger partial charge >= 0.3 is 23.1 Å². The third kappa shape index (κ3) is 14.8. The van der Waals surface area contributed by atoms with Gasteiger partial charge in [-0.25, -0.2) is 0 Å². The molecule has 1 saturated heterocycles. The molecule has 0 saturated carbocycles. The molecule has 3 rings (SSSR count). The van der Waals surface area contributed by atoms with E-state index >= 15 is 0 Å². The molecule has 0 unspecified atom stereocenters. The monoisotopic (exact) mass is 474 g/mol. The first-order valence-electron chi connectivity index (χ1n) is 9.15. The average molecular weight is 476 g/mol. The number of hydrogen-bond acceptors (Lipinski definition) is 3. The van der Waals surface area contributed by atoms with Crippen molar-refractivity contribution in [1.82, 2.24) is 0 Å². The Kier molecular flexibility index (Phi) is 19.3. The Morgan fingerprint density at radius 2 is 1.28 bits per heavy atom. The molecule has 158 valence electrons. The first-order valence-corrected chi connectivity index (χ1v) is 9.15. The Labute approximate surface area is 204 Å². The predicted octanol–water partition coefficient (Wildman–Crippen LogP) is 2.29. The van der Waals surface area contributed by atoms with Crippen LogP contribution < -0.4 is 17.0 Å². The van der Waals surface area contributed by atoms with Gasteiger partial charge in [0.25, 0.3) is 0 Å². The maximum absolute atomic E-state index is 10.8. The van der Waals surface area contributed by atoms with Gasteiger partial charge in [0.05, 0.1) is 5.60 Å². The number of Topliss-reactive ketones (excluding diaryl/α,β-unsaturated/α-hetero) is 1. The summed E-state index contributed by atoms with van der Waals surface area (Å²) in [5.74, 6) is 0.125. The van der Waals surface area contributed by atoms with Crippen LogP contribution in [0.1, 0.15) is 60.7 Å². The van der Waals surface area contributed by atoms with Crippen LogP contribution in [-0.2, 0) is 10.3 Å². The van der Waals surface area contributed by atoms with E-state index in [1.54, 1.807) is 20.8 Å². The van der Waals surface area contributed by atoms with Crippen LogP contribution in [0.5, 0.6) is 0 Å². The number of aliphatic hydroxyl groups is 1. The van der Waals surface area contributed by atoms with Crippen molar-refractivity contribution in [2.45, 2.75) is 53.1 Å². The van der Waals surface area contributed by atoms with Crippen LogP contribution in [0.2, 0.25) is 0 Å². The summed E-state index contributed by atoms with van der Waals surface area (Å²) in [6.45, 7) is 11.2. The summed E-state index contributed by atoms with van der Waals surface area (Å²) in [6, 6.07) is 15.5. The Bertz CT molecular complexity index is 650. The number of carbonyl (C=O) groups is 1. The fraction of sp³-hybridized carbons (Fsp3) is 0.417. The van der Waals surface area contributed by atoms with Crippen molar-refractivity contribution in [3.63, 3.8) is 0 Å². The number of carbonyl (C=O) groups excluding carboxylic acids is 1. The van der Waals surface area contributed by atoms with Gasteiger partial charge in [0.15, 0.2) is 5.78 Å². The van der Waals surface area contributed by atoms with Gasteiger partial charge in [-0.1, -0.05) is 59.7 Å². The maximum Gasteiger partial charge on any atom is 2.00 e. The molecule has 0 amide bonds. The summed E-state index contributed by atoms with van der Waals surface area (Å²) in [6.07, 6.45) is 2.56. The molecular weight excluding hydrogens is 440 g/mol. The van der Waals surface area contributed by atoms with Crippen molar-refractivity contribution >= 4 is 28.8 Å². The van der Waals surface area contributed by atoms with Crippen LogP contribution in [-0.4, -0.2) is 47.2 Å². The molecule has 0 aliphatic carbocycles. The second-order valence-electron chi connectivity index (χ2n) is 7.17. The van der Waals surface area contributed by atoms with E-state index < -0.39 is 5.60 Å². The normalized spacial score (nSPS) is 11.8. The molecule has 0 aromatic heterocycles. The van der Waals surface area contributed by atoms with E-state index in [0.29, 0.717) is 0 Å². The van der Waals surface area contributed by atoms with Gasteiger partial charge in [0.2, 0.25) is 0 Å². The zero-order valence-corrected chi connectivity index (χ0v) is 21.8. The third-order valence-corrected chi connectivity index (χ3v) is 4.04. The molecule has 1 N–H and O–H groups in total. The zero-order valence-electron chi connectivity index (χ0n) is 18.8. The van der Waals surface area contributed by atoms with Gasteiger partial charge in [-0.15, -0.1) is 0 Å². The molecule has 5 heteroatoms. The molecule has 1 fully saturated rings. The second-order valence-corrected chi connectivity index (χ2v) is 7.17. The average Bonchev–Trinajstić information content (AvgIpc) is 3.15. The molecular formula is C24H35BrMgO3. The third-order valence-electron chi connectivity index (χ3n) is 4.04. The van der Waals surface area contributed by atoms with E-state index in [9.17, 15) is 9.90 Å². The standard InChI is InChI=1S/C10H14O.C9H10O.C4H8O.CH3.BrH.Mg/c1-8-4-6-9(7-5-8)10(2,3)11;1-7-3-5-9(6-4-7)8(2)10;1-2-4-5-3-1;;;/h4-7,11H,1-3H3;3-6H,1-2H3;1-4H2;1H3;1H;/q;;;-1;;+2/p-1. The van der Waals surface area contributed by atoms with Gasteiger partial charge in [0.1, 0.15) is 0 Å². The van der Waals surface area contributed by atoms with E-state index in [0.717, 1.165) is 24.3 Å². The Balaban J connectivity index is -0.000000350. The second kappa shape index (κ2) is 17.0. The Morgan fingerprint density at radius 3 is 1.55 bits per heavy atom. The number of aryl methyl sites for hydroxylation is 2. The largest absolute Gasteiger partial charge is 2.00 e. The SMILES string of the molecule is C1CCOC1.CC(=O)c1ccc(C)cc1.Cc1ccc(C(C)(C)O)cc1.[Br-].[CH3-].[Mg+2]. The van der Waals surface area contributed by atoms with E-state index in [1.165, 1.54) is 24.0 Å². The summed E-state index contributed by atoms with van der Waals surface area (Å²) in [5, 5.41) is 9.58. The zero-order chi connectivity index (χ0) is 19.6. The molecule has 3 nitrogen and oxygen atoms in total. The van der Waals surface area contributed by atoms with Crippen molar-refractivity contribution < 1.29 is 31.6 Å². The van der Waals surface area contributed by atoms with Crippen molar-refractivity contribution in [3.8, 4) is 0 Å². The van der Waals surface area contributed by atoms with Gasteiger partial charge in [-0.05, 0) is 53.0 Å². The van der Waals surface area contributed by atoms with Gasteiger partial charge in [0, 0.05) is 18.8 Å². The van der Waals surface area contributed by atoms with E-state index in [4.69, 9.17) is 4.74 Å². The molecule has 0 atom stereocenters. The quantitative estimate of drug-likeness (QED) is 0.412. The van der Waals surface area contributed by atoms with Gasteiger partial charge in [-0.2, -0.15) is 0 Å². The summed E-state index contributed by atoms with van der Waals surface area (Å²) in [5.41, 5.74) is 3.44. The van der Waals surface area contributed by atoms with E-state index in [-0.39, 0.29) is 53.2 Å². The molecule has 0 bridgehead atoms. The first kappa shape index (κ1) is 32.9. The molecule has 1 aliphatic rings. The predicted molar refractivity (Wildman–Crippen MR) is 120 cm³/mol. The van der Waals surface area contributed by atoms with Crippen LogP contribution in [0.25, 0.3) is 0 Å². The fourth-order valence-corrected chi connectivity index (χ4v) is 2.26. The number of ketones is 1. The summed E-state index contributed by atoms with van der Waals surface area (Å²) >= 11 is 0. The van der Waals surface area contributed by atoms with Crippen molar-refractivity contribution in [3.05, 3.63) is 78.2 Å². The van der Waals surface area contributed by atoms with E-state index in [2.05, 4.69) is 0 Å². The van der Waals surface area contributed by atoms with Gasteiger partial charge < -0.3 is 34.3 Å². The van der Waals surface area contributed by atoms with Crippen LogP contribution in [0.3, 0.4) is 0 Å². The summed E-state index contributed by atoms with van der Waals surface area (Å²) in [4.78, 5) is 10.8. The molecule has 1 heterocycles. The van der Waals surface area contributed by atoms with Crippen LogP contribution in [0.15, 0.2) is 48.5 Å². The van der Waals surface area contributed by atoms with Crippen LogP contribution in [0.4, 0.5) is 0 Å². The minimum atomic E-state index is -0.715. The number of benzene rings is 2. The number of hydrogen-bond donors (Lipinski definition) is 1. The number of halogens is 1. The fourth-order valence-electron chi connectivity index (χ4n) is 2.26. The van der Waals surface area contributed by atoms with Crippen molar-refractivity contribution in [2.24, 2.45) is 0 Å². The number of rotatable bonds is 2. The minimum Gasteiger partial charge on any atom is -1.00 e. The molecule has 0 radical (unpaired) electrons. The Hall–Kier alpha value is -0.724. The number of ether oxygens (including phenoxy) is 1. The Morgan fingerprint density at radius 1 is 0.897 bits per heavy atom. The molecule has 2 aromatic carbocycles. The van der Waals surface area contributed by atoms with Crippen molar-refractivity contribution in [2.75, 3.05) is 13.2 Å². The molecule has 0 spiro atoms. The first-order chi connectivity index (χ1) is 12.2. The summed E-state index contributed by atoms with van der Waals surface area (Å²) < 4.78 is 4.94. The maximum atomic E-state index is 10.8. The molecule has 2 aromatic rings. The molecule has 1 aliphatic heterocycles. The minimum absolute atomic E-state index is 0. The van der Waals surface area contributed by atoms with Crippen LogP contribution >= 0.6 is 0 Å². The van der Waals surface area contributed by atoms with Crippen molar-refractivity contribution in [1.29, 1.82) is 0 Å². The van der Waals surface area contributed by atoms with Crippen LogP contribution in [0, 0.1) is 21.3 Å². The summed E-state index contributed by atoms with van der Waals surface area (Å²) in [7, 11) is 0. The van der Waals surface area contributed by atoms with Gasteiger partial charge in [-0.3, -0.25) is 4.79 Å². The smallest absolute Gasteiger partial charge is 1.00 e. The topological polar surface area (TPSA) is 46.5 Å². The van der Waals surface area contributed by atoms with E-state index in [1.807, 2.05) is 62.4 Å².